The molecule has 0 saturated heterocycles. The van der Waals surface area contributed by atoms with Crippen molar-refractivity contribution >= 4 is 27.2 Å². The van der Waals surface area contributed by atoms with Crippen molar-refractivity contribution in [2.75, 3.05) is 5.73 Å². The second-order valence-corrected chi connectivity index (χ2v) is 4.40. The van der Waals surface area contributed by atoms with Crippen molar-refractivity contribution in [1.29, 1.82) is 0 Å². The van der Waals surface area contributed by atoms with Crippen LogP contribution in [0.15, 0.2) is 36.9 Å². The molecule has 0 aliphatic carbocycles. The largest absolute Gasteiger partial charge is 0.399 e. The van der Waals surface area contributed by atoms with Gasteiger partial charge in [0, 0.05) is 23.6 Å². The summed E-state index contributed by atoms with van der Waals surface area (Å²) < 4.78 is 1.08. The summed E-state index contributed by atoms with van der Waals surface area (Å²) in [5.74, 6) is 0. The molecule has 0 radical (unpaired) electrons. The molecule has 3 rings (SSSR count). The van der Waals surface area contributed by atoms with Crippen LogP contribution in [0.25, 0.3) is 20.8 Å². The summed E-state index contributed by atoms with van der Waals surface area (Å²) in [5, 5.41) is 0.918. The maximum Gasteiger partial charge on any atom is 0.127 e. The highest BCUT2D eigenvalue weighted by Gasteiger charge is 2.06. The Balaban J connectivity index is 2.19. The third kappa shape index (κ3) is 1.51. The summed E-state index contributed by atoms with van der Waals surface area (Å²) in [6.07, 6.45) is 5.02. The minimum atomic E-state index is 0.756. The molecule has 0 fully saturated rings. The van der Waals surface area contributed by atoms with E-state index in [4.69, 9.17) is 5.73 Å². The van der Waals surface area contributed by atoms with Crippen LogP contribution in [0, 0.1) is 0 Å². The Morgan fingerprint density at radius 2 is 1.94 bits per heavy atom. The molecule has 78 valence electrons. The summed E-state index contributed by atoms with van der Waals surface area (Å²) in [5.41, 5.74) is 8.37. The number of aromatic nitrogens is 3. The molecular weight excluding hydrogens is 220 g/mol. The Kier molecular flexibility index (Phi) is 2.04. The molecule has 2 aromatic heterocycles. The van der Waals surface area contributed by atoms with Crippen LogP contribution in [0.4, 0.5) is 5.69 Å². The monoisotopic (exact) mass is 228 g/mol. The lowest BCUT2D eigenvalue weighted by molar-refractivity contribution is 1.17. The first-order valence-electron chi connectivity index (χ1n) is 4.74. The molecule has 0 bridgehead atoms. The van der Waals surface area contributed by atoms with Crippen LogP contribution in [0.1, 0.15) is 0 Å². The summed E-state index contributed by atoms with van der Waals surface area (Å²) in [6, 6.07) is 5.71. The molecule has 0 aliphatic rings. The Labute approximate surface area is 95.8 Å². The van der Waals surface area contributed by atoms with E-state index in [9.17, 15) is 0 Å². The predicted molar refractivity (Wildman–Crippen MR) is 65.1 cm³/mol. The van der Waals surface area contributed by atoms with Gasteiger partial charge in [0.05, 0.1) is 10.2 Å². The highest BCUT2D eigenvalue weighted by Crippen LogP contribution is 2.30. The van der Waals surface area contributed by atoms with Crippen molar-refractivity contribution in [2.24, 2.45) is 0 Å². The second-order valence-electron chi connectivity index (χ2n) is 3.37. The predicted octanol–water partition coefficient (Wildman–Crippen LogP) is 2.34. The average molecular weight is 228 g/mol. The number of hydrogen-bond donors (Lipinski definition) is 1. The van der Waals surface area contributed by atoms with Crippen molar-refractivity contribution in [2.45, 2.75) is 0 Å². The standard InChI is InChI=1S/C11H8N4S/c12-8-1-2-9-10(3-8)16-11(15-9)7-4-13-6-14-5-7/h1-6H,12H2. The first-order chi connectivity index (χ1) is 7.83. The molecule has 4 nitrogen and oxygen atoms in total. The van der Waals surface area contributed by atoms with Gasteiger partial charge in [-0.2, -0.15) is 0 Å². The van der Waals surface area contributed by atoms with Crippen molar-refractivity contribution in [3.8, 4) is 10.6 Å². The normalized spacial score (nSPS) is 10.8. The van der Waals surface area contributed by atoms with Gasteiger partial charge in [-0.25, -0.2) is 15.0 Å². The Morgan fingerprint density at radius 1 is 1.12 bits per heavy atom. The van der Waals surface area contributed by atoms with Crippen molar-refractivity contribution in [3.05, 3.63) is 36.9 Å². The van der Waals surface area contributed by atoms with Gasteiger partial charge in [0.15, 0.2) is 0 Å². The molecule has 0 amide bonds. The maximum atomic E-state index is 5.73. The number of thiazole rings is 1. The molecule has 0 unspecified atom stereocenters. The highest BCUT2D eigenvalue weighted by molar-refractivity contribution is 7.21. The van der Waals surface area contributed by atoms with Gasteiger partial charge in [-0.05, 0) is 18.2 Å². The Hall–Kier alpha value is -2.01. The number of anilines is 1. The molecule has 0 aliphatic heterocycles. The van der Waals surface area contributed by atoms with Gasteiger partial charge >= 0.3 is 0 Å². The van der Waals surface area contributed by atoms with Crippen molar-refractivity contribution < 1.29 is 0 Å². The van der Waals surface area contributed by atoms with Crippen LogP contribution >= 0.6 is 11.3 Å². The minimum Gasteiger partial charge on any atom is -0.399 e. The van der Waals surface area contributed by atoms with E-state index in [0.717, 1.165) is 26.5 Å². The van der Waals surface area contributed by atoms with Crippen LogP contribution in [0.2, 0.25) is 0 Å². The van der Waals surface area contributed by atoms with Crippen molar-refractivity contribution in [3.63, 3.8) is 0 Å². The summed E-state index contributed by atoms with van der Waals surface area (Å²) in [7, 11) is 0. The van der Waals surface area contributed by atoms with Crippen LogP contribution in [-0.2, 0) is 0 Å². The quantitative estimate of drug-likeness (QED) is 0.649. The fourth-order valence-corrected chi connectivity index (χ4v) is 2.46. The van der Waals surface area contributed by atoms with Crippen molar-refractivity contribution in [1.82, 2.24) is 15.0 Å². The summed E-state index contributed by atoms with van der Waals surface area (Å²) in [4.78, 5) is 12.5. The zero-order valence-electron chi connectivity index (χ0n) is 8.29. The van der Waals surface area contributed by atoms with E-state index in [1.54, 1.807) is 23.7 Å². The van der Waals surface area contributed by atoms with Crippen LogP contribution in [0.3, 0.4) is 0 Å². The zero-order chi connectivity index (χ0) is 11.0. The van der Waals surface area contributed by atoms with Crippen LogP contribution < -0.4 is 5.73 Å². The number of benzene rings is 1. The van der Waals surface area contributed by atoms with E-state index in [2.05, 4.69) is 15.0 Å². The van der Waals surface area contributed by atoms with E-state index in [1.165, 1.54) is 6.33 Å². The molecule has 3 aromatic rings. The van der Waals surface area contributed by atoms with Gasteiger partial charge in [0.25, 0.3) is 0 Å². The van der Waals surface area contributed by atoms with Gasteiger partial charge in [-0.3, -0.25) is 0 Å². The Bertz CT molecular complexity index is 633. The van der Waals surface area contributed by atoms with Crippen LogP contribution in [-0.4, -0.2) is 15.0 Å². The van der Waals surface area contributed by atoms with Gasteiger partial charge in [-0.15, -0.1) is 11.3 Å². The van der Waals surface area contributed by atoms with Gasteiger partial charge in [0.1, 0.15) is 11.3 Å². The highest BCUT2D eigenvalue weighted by atomic mass is 32.1. The molecule has 1 aromatic carbocycles. The number of nitrogens with zero attached hydrogens (tertiary/aromatic N) is 3. The van der Waals surface area contributed by atoms with Gasteiger partial charge in [0.2, 0.25) is 0 Å². The lowest BCUT2D eigenvalue weighted by Gasteiger charge is -1.90. The second kappa shape index (κ2) is 3.53. The number of nitrogen functional groups attached to an aromatic ring is 1. The van der Waals surface area contributed by atoms with E-state index in [-0.39, 0.29) is 0 Å². The van der Waals surface area contributed by atoms with E-state index >= 15 is 0 Å². The summed E-state index contributed by atoms with van der Waals surface area (Å²) >= 11 is 1.59. The zero-order valence-corrected chi connectivity index (χ0v) is 9.11. The van der Waals surface area contributed by atoms with E-state index in [0.29, 0.717) is 0 Å². The molecule has 0 spiro atoms. The van der Waals surface area contributed by atoms with E-state index < -0.39 is 0 Å². The molecule has 2 heterocycles. The molecule has 5 heteroatoms. The average Bonchev–Trinajstić information content (AvgIpc) is 2.73. The lowest BCUT2D eigenvalue weighted by Crippen LogP contribution is -1.81. The first kappa shape index (κ1) is 9.23. The number of fused-ring (bicyclic) bond motifs is 1. The third-order valence-corrected chi connectivity index (χ3v) is 3.29. The number of hydrogen-bond acceptors (Lipinski definition) is 5. The SMILES string of the molecule is Nc1ccc2nc(-c3cncnc3)sc2c1. The van der Waals surface area contributed by atoms with E-state index in [1.807, 2.05) is 18.2 Å². The minimum absolute atomic E-state index is 0.756. The van der Waals surface area contributed by atoms with Gasteiger partial charge in [-0.1, -0.05) is 0 Å². The first-order valence-corrected chi connectivity index (χ1v) is 5.56. The fraction of sp³-hybridized carbons (Fsp3) is 0. The molecule has 2 N–H and O–H groups in total. The fourth-order valence-electron chi connectivity index (χ4n) is 1.47. The third-order valence-electron chi connectivity index (χ3n) is 2.22. The smallest absolute Gasteiger partial charge is 0.127 e. The lowest BCUT2D eigenvalue weighted by atomic mass is 10.3. The maximum absolute atomic E-state index is 5.73. The molecule has 0 saturated carbocycles. The summed E-state index contributed by atoms with van der Waals surface area (Å²) in [6.45, 7) is 0. The number of rotatable bonds is 1. The van der Waals surface area contributed by atoms with Crippen LogP contribution in [0.5, 0.6) is 0 Å². The molecule has 0 atom stereocenters. The molecule has 16 heavy (non-hydrogen) atoms. The molecular formula is C11H8N4S. The van der Waals surface area contributed by atoms with Gasteiger partial charge < -0.3 is 5.73 Å². The topological polar surface area (TPSA) is 64.7 Å². The number of nitrogens with two attached hydrogens (primary N) is 1. The Morgan fingerprint density at radius 3 is 2.75 bits per heavy atom.